The van der Waals surface area contributed by atoms with Gasteiger partial charge < -0.3 is 25.2 Å². The minimum Gasteiger partial charge on any atom is -0.377 e. The monoisotopic (exact) mass is 448 g/mol. The molecule has 2 aliphatic rings. The predicted molar refractivity (Wildman–Crippen MR) is 127 cm³/mol. The second-order valence-corrected chi connectivity index (χ2v) is 8.34. The fourth-order valence-electron chi connectivity index (χ4n) is 4.17. The van der Waals surface area contributed by atoms with Gasteiger partial charge in [0, 0.05) is 40.3 Å². The van der Waals surface area contributed by atoms with Crippen LogP contribution < -0.4 is 15.5 Å². The third-order valence-electron chi connectivity index (χ3n) is 5.89. The number of aromatic nitrogens is 4. The molecule has 0 atom stereocenters. The van der Waals surface area contributed by atoms with Crippen LogP contribution in [0.5, 0.6) is 0 Å². The first-order chi connectivity index (χ1) is 16.1. The lowest BCUT2D eigenvalue weighted by Crippen LogP contribution is -2.43. The van der Waals surface area contributed by atoms with E-state index in [1.807, 2.05) is 24.4 Å². The number of fused-ring (bicyclic) bond motifs is 1. The largest absolute Gasteiger partial charge is 0.377 e. The van der Waals surface area contributed by atoms with Crippen molar-refractivity contribution in [3.8, 4) is 0 Å². The number of ether oxygens (including phenoxy) is 1. The summed E-state index contributed by atoms with van der Waals surface area (Å²) in [6, 6.07) is 5.84. The van der Waals surface area contributed by atoms with Crippen molar-refractivity contribution in [3.63, 3.8) is 0 Å². The number of hydrogen-bond donors (Lipinski definition) is 2. The number of pyridine rings is 1. The van der Waals surface area contributed by atoms with E-state index in [1.54, 1.807) is 29.7 Å². The molecule has 3 aromatic heterocycles. The van der Waals surface area contributed by atoms with E-state index in [4.69, 9.17) is 9.84 Å². The van der Waals surface area contributed by atoms with Gasteiger partial charge in [-0.05, 0) is 30.2 Å². The zero-order chi connectivity index (χ0) is 22.8. The van der Waals surface area contributed by atoms with E-state index < -0.39 is 0 Å². The van der Waals surface area contributed by atoms with Gasteiger partial charge in [0.05, 0.1) is 48.1 Å². The van der Waals surface area contributed by atoms with E-state index in [9.17, 15) is 4.79 Å². The van der Waals surface area contributed by atoms with E-state index in [0.29, 0.717) is 30.5 Å². The maximum absolute atomic E-state index is 12.9. The summed E-state index contributed by atoms with van der Waals surface area (Å²) in [5, 5.41) is 11.3. The first kappa shape index (κ1) is 21.4. The number of anilines is 3. The predicted octanol–water partition coefficient (Wildman–Crippen LogP) is 1.78. The lowest BCUT2D eigenvalue weighted by molar-refractivity contribution is 0.0827. The van der Waals surface area contributed by atoms with Crippen molar-refractivity contribution in [3.05, 3.63) is 47.9 Å². The molecule has 0 aliphatic carbocycles. The molecule has 0 bridgehead atoms. The molecule has 1 fully saturated rings. The highest BCUT2D eigenvalue weighted by molar-refractivity contribution is 6.00. The molecule has 0 saturated carbocycles. The van der Waals surface area contributed by atoms with Crippen molar-refractivity contribution in [1.82, 2.24) is 29.8 Å². The molecule has 10 heteroatoms. The molecule has 0 spiro atoms. The Hall–Kier alpha value is -3.50. The Kier molecular flexibility index (Phi) is 5.93. The van der Waals surface area contributed by atoms with E-state index in [0.717, 1.165) is 55.1 Å². The minimum absolute atomic E-state index is 0.0671. The summed E-state index contributed by atoms with van der Waals surface area (Å²) in [5.74, 6) is 1.01. The van der Waals surface area contributed by atoms with Crippen molar-refractivity contribution < 1.29 is 9.53 Å². The number of amides is 1. The molecule has 5 rings (SSSR count). The van der Waals surface area contributed by atoms with Crippen molar-refractivity contribution in [2.45, 2.75) is 6.42 Å². The fourth-order valence-corrected chi connectivity index (χ4v) is 4.17. The van der Waals surface area contributed by atoms with Gasteiger partial charge in [-0.3, -0.25) is 4.79 Å². The Morgan fingerprint density at radius 1 is 1.18 bits per heavy atom. The second-order valence-electron chi connectivity index (χ2n) is 8.34. The number of carbonyl (C=O) groups excluding carboxylic acids is 1. The van der Waals surface area contributed by atoms with Gasteiger partial charge in [-0.2, -0.15) is 0 Å². The third kappa shape index (κ3) is 4.39. The maximum atomic E-state index is 12.9. The highest BCUT2D eigenvalue weighted by Crippen LogP contribution is 2.28. The van der Waals surface area contributed by atoms with Crippen molar-refractivity contribution >= 4 is 34.5 Å². The number of nitrogens with zero attached hydrogens (tertiary/aromatic N) is 6. The molecule has 10 nitrogen and oxygen atoms in total. The van der Waals surface area contributed by atoms with Crippen LogP contribution in [0.2, 0.25) is 0 Å². The molecule has 0 radical (unpaired) electrons. The molecule has 172 valence electrons. The summed E-state index contributed by atoms with van der Waals surface area (Å²) in [6.45, 7) is 5.05. The van der Waals surface area contributed by atoms with Gasteiger partial charge in [0.2, 0.25) is 5.95 Å². The van der Waals surface area contributed by atoms with Crippen LogP contribution in [-0.4, -0.2) is 83.9 Å². The molecular formula is C23H28N8O2. The minimum atomic E-state index is -0.0671. The van der Waals surface area contributed by atoms with Gasteiger partial charge in [0.1, 0.15) is 5.82 Å². The molecule has 0 aromatic carbocycles. The zero-order valence-corrected chi connectivity index (χ0v) is 18.9. The van der Waals surface area contributed by atoms with Crippen LogP contribution in [-0.2, 0) is 4.74 Å². The summed E-state index contributed by atoms with van der Waals surface area (Å²) in [7, 11) is 3.50. The van der Waals surface area contributed by atoms with Crippen LogP contribution >= 0.6 is 0 Å². The summed E-state index contributed by atoms with van der Waals surface area (Å²) in [5.41, 5.74) is 4.31. The number of hydrogen-bond acceptors (Lipinski definition) is 8. The first-order valence-electron chi connectivity index (χ1n) is 11.2. The summed E-state index contributed by atoms with van der Waals surface area (Å²) < 4.78 is 7.26. The second kappa shape index (κ2) is 9.16. The summed E-state index contributed by atoms with van der Waals surface area (Å²) in [6.07, 6.45) is 6.33. The molecule has 2 aliphatic heterocycles. The quantitative estimate of drug-likeness (QED) is 0.609. The Bertz CT molecular complexity index is 1180. The highest BCUT2D eigenvalue weighted by Gasteiger charge is 2.23. The van der Waals surface area contributed by atoms with Gasteiger partial charge in [0.25, 0.3) is 5.91 Å². The van der Waals surface area contributed by atoms with Crippen molar-refractivity contribution in [1.29, 1.82) is 0 Å². The smallest absolute Gasteiger partial charge is 0.255 e. The Balaban J connectivity index is 1.46. The lowest BCUT2D eigenvalue weighted by Gasteiger charge is -2.29. The Morgan fingerprint density at radius 3 is 2.73 bits per heavy atom. The number of carbonyl (C=O) groups is 1. The Labute approximate surface area is 192 Å². The van der Waals surface area contributed by atoms with Crippen molar-refractivity contribution in [2.24, 2.45) is 0 Å². The summed E-state index contributed by atoms with van der Waals surface area (Å²) >= 11 is 0. The molecule has 1 saturated heterocycles. The van der Waals surface area contributed by atoms with E-state index in [-0.39, 0.29) is 5.91 Å². The average molecular weight is 449 g/mol. The van der Waals surface area contributed by atoms with Crippen LogP contribution in [0, 0.1) is 0 Å². The van der Waals surface area contributed by atoms with Crippen LogP contribution in [0.3, 0.4) is 0 Å². The van der Waals surface area contributed by atoms with E-state index in [1.165, 1.54) is 0 Å². The molecule has 5 heterocycles. The van der Waals surface area contributed by atoms with Crippen LogP contribution in [0.25, 0.3) is 11.1 Å². The van der Waals surface area contributed by atoms with Crippen molar-refractivity contribution in [2.75, 3.05) is 63.7 Å². The SMILES string of the molecule is CN(C)C(=O)c1cc2cnc(Nc3ccc(N4CCNCC4)cn3)nn2c1C1=CCOCC1. The topological polar surface area (TPSA) is 99.9 Å². The average Bonchev–Trinajstić information content (AvgIpc) is 3.24. The highest BCUT2D eigenvalue weighted by atomic mass is 16.5. The zero-order valence-electron chi connectivity index (χ0n) is 18.9. The first-order valence-corrected chi connectivity index (χ1v) is 11.2. The maximum Gasteiger partial charge on any atom is 0.255 e. The number of piperazine rings is 1. The van der Waals surface area contributed by atoms with Crippen LogP contribution in [0.1, 0.15) is 22.5 Å². The number of nitrogens with one attached hydrogen (secondary N) is 2. The van der Waals surface area contributed by atoms with Gasteiger partial charge >= 0.3 is 0 Å². The lowest BCUT2D eigenvalue weighted by atomic mass is 10.0. The normalized spacial score (nSPS) is 16.5. The number of rotatable bonds is 5. The molecular weight excluding hydrogens is 420 g/mol. The van der Waals surface area contributed by atoms with Gasteiger partial charge in [-0.15, -0.1) is 5.10 Å². The third-order valence-corrected chi connectivity index (χ3v) is 5.89. The van der Waals surface area contributed by atoms with E-state index in [2.05, 4.69) is 31.6 Å². The molecule has 3 aromatic rings. The van der Waals surface area contributed by atoms with Gasteiger partial charge in [-0.1, -0.05) is 6.08 Å². The van der Waals surface area contributed by atoms with E-state index >= 15 is 0 Å². The summed E-state index contributed by atoms with van der Waals surface area (Å²) in [4.78, 5) is 25.8. The molecule has 2 N–H and O–H groups in total. The van der Waals surface area contributed by atoms with Gasteiger partial charge in [-0.25, -0.2) is 14.5 Å². The van der Waals surface area contributed by atoms with Gasteiger partial charge in [0.15, 0.2) is 0 Å². The molecule has 33 heavy (non-hydrogen) atoms. The fraction of sp³-hybridized carbons (Fsp3) is 0.391. The Morgan fingerprint density at radius 2 is 2.03 bits per heavy atom. The van der Waals surface area contributed by atoms with Crippen LogP contribution in [0.4, 0.5) is 17.5 Å². The standard InChI is InChI=1S/C23H28N8O2/c1-29(2)22(32)19-13-18-15-26-23(28-31(18)21(19)16-5-11-33-12-6-16)27-20-4-3-17(14-25-20)30-9-7-24-8-10-30/h3-5,13-15,24H,6-12H2,1-2H3,(H,25,27,28). The van der Waals surface area contributed by atoms with Crippen LogP contribution in [0.15, 0.2) is 36.7 Å². The molecule has 0 unspecified atom stereocenters. The molecule has 1 amide bonds.